The van der Waals surface area contributed by atoms with Gasteiger partial charge in [-0.25, -0.2) is 4.79 Å². The summed E-state index contributed by atoms with van der Waals surface area (Å²) in [5.41, 5.74) is 0.527. The van der Waals surface area contributed by atoms with Gasteiger partial charge in [0.2, 0.25) is 0 Å². The van der Waals surface area contributed by atoms with Crippen LogP contribution in [0.3, 0.4) is 0 Å². The van der Waals surface area contributed by atoms with Gasteiger partial charge >= 0.3 is 5.97 Å². The fourth-order valence-electron chi connectivity index (χ4n) is 7.19. The first-order valence-electron chi connectivity index (χ1n) is 10.7. The number of cyclic esters (lactones) is 1. The highest BCUT2D eigenvalue weighted by molar-refractivity contribution is 5.93. The van der Waals surface area contributed by atoms with Gasteiger partial charge < -0.3 is 19.3 Å². The van der Waals surface area contributed by atoms with E-state index in [4.69, 9.17) is 14.2 Å². The Balaban J connectivity index is 1.48. The summed E-state index contributed by atoms with van der Waals surface area (Å²) in [7, 11) is 1.55. The molecular weight excluding hydrogens is 358 g/mol. The fraction of sp³-hybridized carbons (Fsp3) is 0.773. The number of aliphatic hydroxyl groups is 1. The number of esters is 1. The van der Waals surface area contributed by atoms with Crippen LogP contribution in [0.2, 0.25) is 0 Å². The molecule has 4 saturated heterocycles. The van der Waals surface area contributed by atoms with Crippen molar-refractivity contribution in [3.8, 4) is 0 Å². The zero-order valence-corrected chi connectivity index (χ0v) is 17.2. The summed E-state index contributed by atoms with van der Waals surface area (Å²) in [5.74, 6) is -0.329. The lowest BCUT2D eigenvalue weighted by Gasteiger charge is -2.51. The van der Waals surface area contributed by atoms with Gasteiger partial charge in [0.15, 0.2) is 17.3 Å². The number of allylic oxidation sites excluding steroid dienone is 1. The average molecular weight is 389 g/mol. The summed E-state index contributed by atoms with van der Waals surface area (Å²) in [6, 6.07) is 0.319. The van der Waals surface area contributed by atoms with Gasteiger partial charge in [-0.05, 0) is 44.7 Å². The second-order valence-corrected chi connectivity index (χ2v) is 9.25. The first kappa shape index (κ1) is 18.6. The molecule has 0 aromatic rings. The molecule has 28 heavy (non-hydrogen) atoms. The van der Waals surface area contributed by atoms with Crippen LogP contribution in [0.1, 0.15) is 52.9 Å². The summed E-state index contributed by atoms with van der Waals surface area (Å²) in [5, 5.41) is 11.8. The number of carbonyl (C=O) groups is 1. The number of unbranched alkanes of at least 4 members (excludes halogenated alkanes) is 1. The van der Waals surface area contributed by atoms with Crippen LogP contribution in [0.15, 0.2) is 23.2 Å². The lowest BCUT2D eigenvalue weighted by molar-refractivity contribution is -0.280. The van der Waals surface area contributed by atoms with Gasteiger partial charge in [0.25, 0.3) is 0 Å². The van der Waals surface area contributed by atoms with Crippen LogP contribution in [0.5, 0.6) is 0 Å². The predicted octanol–water partition coefficient (Wildman–Crippen LogP) is 2.72. The Morgan fingerprint density at radius 2 is 2.25 bits per heavy atom. The van der Waals surface area contributed by atoms with Gasteiger partial charge in [-0.3, -0.25) is 4.90 Å². The zero-order chi connectivity index (χ0) is 19.8. The van der Waals surface area contributed by atoms with Crippen LogP contribution >= 0.6 is 0 Å². The molecule has 0 spiro atoms. The molecule has 5 rings (SSSR count). The Bertz CT molecular complexity index is 775. The molecule has 2 unspecified atom stereocenters. The Kier molecular flexibility index (Phi) is 4.04. The van der Waals surface area contributed by atoms with E-state index in [1.54, 1.807) is 14.0 Å². The zero-order valence-electron chi connectivity index (χ0n) is 17.2. The third-order valence-corrected chi connectivity index (χ3v) is 8.12. The van der Waals surface area contributed by atoms with Crippen molar-refractivity contribution in [2.45, 2.75) is 76.3 Å². The van der Waals surface area contributed by atoms with Gasteiger partial charge in [0, 0.05) is 17.9 Å². The molecule has 154 valence electrons. The molecule has 5 heterocycles. The van der Waals surface area contributed by atoms with Crippen molar-refractivity contribution in [2.24, 2.45) is 17.8 Å². The maximum absolute atomic E-state index is 11.9. The van der Waals surface area contributed by atoms with Gasteiger partial charge in [-0.2, -0.15) is 0 Å². The minimum Gasteiger partial charge on any atom is -0.492 e. The Morgan fingerprint density at radius 3 is 2.96 bits per heavy atom. The second kappa shape index (κ2) is 6.07. The van der Waals surface area contributed by atoms with Gasteiger partial charge in [-0.15, -0.1) is 0 Å². The van der Waals surface area contributed by atoms with Crippen molar-refractivity contribution in [1.29, 1.82) is 0 Å². The molecule has 0 aliphatic carbocycles. The smallest absolute Gasteiger partial charge is 0.343 e. The highest BCUT2D eigenvalue weighted by Crippen LogP contribution is 2.68. The second-order valence-electron chi connectivity index (χ2n) is 9.25. The predicted molar refractivity (Wildman–Crippen MR) is 102 cm³/mol. The highest BCUT2D eigenvalue weighted by Gasteiger charge is 2.80. The molecule has 5 aliphatic heterocycles. The fourth-order valence-corrected chi connectivity index (χ4v) is 7.19. The molecule has 0 amide bonds. The first-order chi connectivity index (χ1) is 13.4. The average Bonchev–Trinajstić information content (AvgIpc) is 3.27. The molecule has 4 fully saturated rings. The summed E-state index contributed by atoms with van der Waals surface area (Å²) >= 11 is 0. The third kappa shape index (κ3) is 2.06. The van der Waals surface area contributed by atoms with Crippen LogP contribution in [-0.4, -0.2) is 53.1 Å². The van der Waals surface area contributed by atoms with Crippen molar-refractivity contribution < 1.29 is 24.1 Å². The summed E-state index contributed by atoms with van der Waals surface area (Å²) in [6.45, 7) is 7.09. The normalized spacial score (nSPS) is 48.1. The van der Waals surface area contributed by atoms with Crippen molar-refractivity contribution in [3.05, 3.63) is 23.2 Å². The lowest BCUT2D eigenvalue weighted by atomic mass is 9.68. The minimum absolute atomic E-state index is 0.000162. The van der Waals surface area contributed by atoms with E-state index >= 15 is 0 Å². The van der Waals surface area contributed by atoms with Gasteiger partial charge in [0.1, 0.15) is 0 Å². The van der Waals surface area contributed by atoms with Crippen LogP contribution in [-0.2, 0) is 19.0 Å². The molecule has 6 nitrogen and oxygen atoms in total. The van der Waals surface area contributed by atoms with E-state index in [1.165, 1.54) is 12.8 Å². The standard InChI is InChI=1S/C22H31NO5/c1-5-6-8-21-16-7-9-23(21)14-11-17(21)28-22(16,25)18(14)12(2)10-15-19(26-4)13(3)20(24)27-15/h10,12,14,16-18,25H,5-9,11H2,1-4H3/b15-10+/t12-,14-,16?,17-,18+,21-,22-/m0/s1. The molecule has 8 atom stereocenters. The maximum atomic E-state index is 11.9. The van der Waals surface area contributed by atoms with E-state index in [2.05, 4.69) is 18.7 Å². The van der Waals surface area contributed by atoms with Crippen molar-refractivity contribution in [1.82, 2.24) is 4.90 Å². The highest BCUT2D eigenvalue weighted by atomic mass is 16.6. The van der Waals surface area contributed by atoms with Crippen LogP contribution in [0, 0.1) is 17.8 Å². The molecule has 0 saturated carbocycles. The molecular formula is C22H31NO5. The molecule has 6 heteroatoms. The van der Waals surface area contributed by atoms with Crippen LogP contribution in [0.25, 0.3) is 0 Å². The summed E-state index contributed by atoms with van der Waals surface area (Å²) < 4.78 is 17.2. The minimum atomic E-state index is -1.08. The molecule has 1 N–H and O–H groups in total. The summed E-state index contributed by atoms with van der Waals surface area (Å²) in [6.07, 6.45) is 7.56. The molecule has 0 aromatic heterocycles. The van der Waals surface area contributed by atoms with E-state index in [1.807, 2.05) is 6.08 Å². The van der Waals surface area contributed by atoms with E-state index in [0.717, 1.165) is 25.8 Å². The van der Waals surface area contributed by atoms with Crippen LogP contribution < -0.4 is 0 Å². The monoisotopic (exact) mass is 389 g/mol. The molecule has 0 aromatic carbocycles. The Labute approximate surface area is 166 Å². The third-order valence-electron chi connectivity index (χ3n) is 8.12. The number of piperidine rings is 1. The largest absolute Gasteiger partial charge is 0.492 e. The van der Waals surface area contributed by atoms with E-state index in [0.29, 0.717) is 23.1 Å². The number of hydrogen-bond acceptors (Lipinski definition) is 6. The summed E-state index contributed by atoms with van der Waals surface area (Å²) in [4.78, 5) is 14.6. The molecule has 5 aliphatic rings. The lowest BCUT2D eigenvalue weighted by Crippen LogP contribution is -2.63. The number of rotatable bonds is 6. The van der Waals surface area contributed by atoms with Crippen molar-refractivity contribution >= 4 is 5.97 Å². The number of hydrogen-bond donors (Lipinski definition) is 1. The Hall–Kier alpha value is -1.37. The van der Waals surface area contributed by atoms with Gasteiger partial charge in [-0.1, -0.05) is 26.7 Å². The van der Waals surface area contributed by atoms with Gasteiger partial charge in [0.05, 0.1) is 24.3 Å². The molecule has 0 radical (unpaired) electrons. The number of carbonyl (C=O) groups excluding carboxylic acids is 1. The topological polar surface area (TPSA) is 68.2 Å². The maximum Gasteiger partial charge on any atom is 0.343 e. The Morgan fingerprint density at radius 1 is 1.46 bits per heavy atom. The van der Waals surface area contributed by atoms with Crippen LogP contribution in [0.4, 0.5) is 0 Å². The van der Waals surface area contributed by atoms with Crippen molar-refractivity contribution in [3.63, 3.8) is 0 Å². The number of ether oxygens (including phenoxy) is 3. The molecule has 5 bridgehead atoms. The number of methoxy groups -OCH3 is 1. The number of nitrogens with zero attached hydrogens (tertiary/aromatic N) is 1. The van der Waals surface area contributed by atoms with E-state index < -0.39 is 5.79 Å². The van der Waals surface area contributed by atoms with Crippen molar-refractivity contribution in [2.75, 3.05) is 13.7 Å². The van der Waals surface area contributed by atoms with E-state index in [9.17, 15) is 9.90 Å². The van der Waals surface area contributed by atoms with E-state index in [-0.39, 0.29) is 35.4 Å². The first-order valence-corrected chi connectivity index (χ1v) is 10.7. The SMILES string of the molecule is CCCC[C@@]12C3CCN1[C@H]1C[C@@H]2O[C@]3(O)[C@@H]1[C@@H](C)/C=C1/OC(=O)C(C)=C1OC. The quantitative estimate of drug-likeness (QED) is 0.705.